The van der Waals surface area contributed by atoms with Crippen molar-refractivity contribution < 1.29 is 9.47 Å². The van der Waals surface area contributed by atoms with Crippen molar-refractivity contribution in [1.29, 1.82) is 0 Å². The van der Waals surface area contributed by atoms with Crippen LogP contribution in [0.25, 0.3) is 0 Å². The number of thiophene rings is 1. The van der Waals surface area contributed by atoms with Crippen molar-refractivity contribution in [3.05, 3.63) is 45.6 Å². The van der Waals surface area contributed by atoms with Gasteiger partial charge < -0.3 is 9.47 Å². The predicted molar refractivity (Wildman–Crippen MR) is 76.3 cm³/mol. The maximum atomic E-state index is 6.54. The normalized spacial score (nSPS) is 12.2. The van der Waals surface area contributed by atoms with E-state index in [0.717, 1.165) is 22.6 Å². The van der Waals surface area contributed by atoms with Crippen LogP contribution < -0.4 is 9.47 Å². The van der Waals surface area contributed by atoms with Gasteiger partial charge in [-0.15, -0.1) is 11.6 Å². The molecular weight excluding hydrogens is 268 g/mol. The topological polar surface area (TPSA) is 18.5 Å². The number of methoxy groups -OCH3 is 2. The Bertz CT molecular complexity index is 536. The summed E-state index contributed by atoms with van der Waals surface area (Å²) in [6.07, 6.45) is 0. The minimum Gasteiger partial charge on any atom is -0.497 e. The summed E-state index contributed by atoms with van der Waals surface area (Å²) in [7, 11) is 3.28. The zero-order chi connectivity index (χ0) is 13.1. The van der Waals surface area contributed by atoms with Crippen molar-refractivity contribution in [2.45, 2.75) is 12.3 Å². The number of hydrogen-bond acceptors (Lipinski definition) is 3. The lowest BCUT2D eigenvalue weighted by atomic mass is 10.0. The number of rotatable bonds is 4. The average molecular weight is 283 g/mol. The second-order valence-corrected chi connectivity index (χ2v) is 5.16. The van der Waals surface area contributed by atoms with Crippen molar-refractivity contribution in [3.63, 3.8) is 0 Å². The van der Waals surface area contributed by atoms with E-state index in [4.69, 9.17) is 21.1 Å². The van der Waals surface area contributed by atoms with Gasteiger partial charge in [-0.25, -0.2) is 0 Å². The van der Waals surface area contributed by atoms with Gasteiger partial charge in [0.05, 0.1) is 19.6 Å². The van der Waals surface area contributed by atoms with E-state index >= 15 is 0 Å². The summed E-state index contributed by atoms with van der Waals surface area (Å²) < 4.78 is 10.6. The second-order valence-electron chi connectivity index (χ2n) is 3.98. The Morgan fingerprint density at radius 3 is 2.44 bits per heavy atom. The van der Waals surface area contributed by atoms with E-state index in [1.807, 2.05) is 18.2 Å². The fourth-order valence-corrected chi connectivity index (χ4v) is 3.19. The Labute approximate surface area is 116 Å². The summed E-state index contributed by atoms with van der Waals surface area (Å²) in [5, 5.41) is 3.98. The van der Waals surface area contributed by atoms with Gasteiger partial charge >= 0.3 is 0 Å². The molecule has 0 aliphatic heterocycles. The van der Waals surface area contributed by atoms with Crippen LogP contribution in [-0.4, -0.2) is 14.2 Å². The molecule has 0 N–H and O–H groups in total. The van der Waals surface area contributed by atoms with Gasteiger partial charge in [0, 0.05) is 11.6 Å². The van der Waals surface area contributed by atoms with Gasteiger partial charge in [0.1, 0.15) is 11.5 Å². The van der Waals surface area contributed by atoms with E-state index in [1.165, 1.54) is 5.56 Å². The van der Waals surface area contributed by atoms with Crippen LogP contribution in [0.3, 0.4) is 0 Å². The minimum atomic E-state index is -0.197. The summed E-state index contributed by atoms with van der Waals surface area (Å²) in [6.45, 7) is 2.07. The highest BCUT2D eigenvalue weighted by molar-refractivity contribution is 7.08. The molecule has 18 heavy (non-hydrogen) atoms. The van der Waals surface area contributed by atoms with Crippen LogP contribution in [0.1, 0.15) is 22.1 Å². The van der Waals surface area contributed by atoms with Gasteiger partial charge in [-0.05, 0) is 40.9 Å². The van der Waals surface area contributed by atoms with Gasteiger partial charge in [0.15, 0.2) is 0 Å². The number of halogens is 1. The van der Waals surface area contributed by atoms with Gasteiger partial charge in [0.25, 0.3) is 0 Å². The summed E-state index contributed by atoms with van der Waals surface area (Å²) >= 11 is 8.20. The standard InChI is InChI=1S/C14H15ClO2S/c1-9-7-18-8-12(9)14(15)11-5-4-10(16-2)6-13(11)17-3/h4-8,14H,1-3H3. The molecule has 1 atom stereocenters. The van der Waals surface area contributed by atoms with E-state index in [0.29, 0.717) is 0 Å². The Morgan fingerprint density at radius 1 is 1.11 bits per heavy atom. The van der Waals surface area contributed by atoms with Crippen molar-refractivity contribution in [2.24, 2.45) is 0 Å². The highest BCUT2D eigenvalue weighted by Gasteiger charge is 2.18. The third kappa shape index (κ3) is 2.47. The molecule has 1 heterocycles. The van der Waals surface area contributed by atoms with Gasteiger partial charge in [-0.1, -0.05) is 0 Å². The van der Waals surface area contributed by atoms with Crippen molar-refractivity contribution in [3.8, 4) is 11.5 Å². The largest absolute Gasteiger partial charge is 0.497 e. The van der Waals surface area contributed by atoms with Crippen LogP contribution in [0.15, 0.2) is 29.0 Å². The highest BCUT2D eigenvalue weighted by atomic mass is 35.5. The molecule has 0 saturated heterocycles. The lowest BCUT2D eigenvalue weighted by molar-refractivity contribution is 0.391. The first-order valence-electron chi connectivity index (χ1n) is 5.56. The number of aryl methyl sites for hydroxylation is 1. The Morgan fingerprint density at radius 2 is 1.89 bits per heavy atom. The molecular formula is C14H15ClO2S. The molecule has 0 fully saturated rings. The SMILES string of the molecule is COc1ccc(C(Cl)c2cscc2C)c(OC)c1. The van der Waals surface area contributed by atoms with Crippen LogP contribution in [0.4, 0.5) is 0 Å². The number of alkyl halides is 1. The van der Waals surface area contributed by atoms with E-state index < -0.39 is 0 Å². The van der Waals surface area contributed by atoms with Crippen LogP contribution >= 0.6 is 22.9 Å². The van der Waals surface area contributed by atoms with Crippen molar-refractivity contribution in [1.82, 2.24) is 0 Å². The maximum Gasteiger partial charge on any atom is 0.127 e. The number of ether oxygens (including phenoxy) is 2. The summed E-state index contributed by atoms with van der Waals surface area (Å²) in [6, 6.07) is 5.70. The smallest absolute Gasteiger partial charge is 0.127 e. The van der Waals surface area contributed by atoms with E-state index in [9.17, 15) is 0 Å². The van der Waals surface area contributed by atoms with Crippen molar-refractivity contribution >= 4 is 22.9 Å². The first-order chi connectivity index (χ1) is 8.67. The molecule has 0 amide bonds. The third-order valence-corrected chi connectivity index (χ3v) is 4.23. The zero-order valence-electron chi connectivity index (χ0n) is 10.6. The monoisotopic (exact) mass is 282 g/mol. The predicted octanol–water partition coefficient (Wildman–Crippen LogP) is 4.40. The molecule has 0 saturated carbocycles. The van der Waals surface area contributed by atoms with Gasteiger partial charge in [-0.2, -0.15) is 11.3 Å². The molecule has 0 radical (unpaired) electrons. The van der Waals surface area contributed by atoms with Crippen LogP contribution in [0, 0.1) is 6.92 Å². The lowest BCUT2D eigenvalue weighted by Gasteiger charge is -2.15. The Kier molecular flexibility index (Phi) is 4.15. The zero-order valence-corrected chi connectivity index (χ0v) is 12.1. The van der Waals surface area contributed by atoms with E-state index in [2.05, 4.69) is 17.7 Å². The molecule has 0 spiro atoms. The molecule has 0 bridgehead atoms. The molecule has 96 valence electrons. The fourth-order valence-electron chi connectivity index (χ4n) is 1.83. The number of benzene rings is 1. The molecule has 0 aliphatic carbocycles. The number of hydrogen-bond donors (Lipinski definition) is 0. The fraction of sp³-hybridized carbons (Fsp3) is 0.286. The molecule has 1 aromatic heterocycles. The minimum absolute atomic E-state index is 0.197. The van der Waals surface area contributed by atoms with E-state index in [1.54, 1.807) is 25.6 Å². The first kappa shape index (κ1) is 13.2. The molecule has 1 unspecified atom stereocenters. The van der Waals surface area contributed by atoms with E-state index in [-0.39, 0.29) is 5.38 Å². The Balaban J connectivity index is 2.41. The molecule has 2 rings (SSSR count). The lowest BCUT2D eigenvalue weighted by Crippen LogP contribution is -1.98. The van der Waals surface area contributed by atoms with Gasteiger partial charge in [-0.3, -0.25) is 0 Å². The highest BCUT2D eigenvalue weighted by Crippen LogP contribution is 2.39. The third-order valence-electron chi connectivity index (χ3n) is 2.88. The Hall–Kier alpha value is -1.19. The quantitative estimate of drug-likeness (QED) is 0.774. The summed E-state index contributed by atoms with van der Waals surface area (Å²) in [5.74, 6) is 1.52. The van der Waals surface area contributed by atoms with Crippen LogP contribution in [-0.2, 0) is 0 Å². The molecule has 0 aliphatic rings. The molecule has 4 heteroatoms. The summed E-state index contributed by atoms with van der Waals surface area (Å²) in [5.41, 5.74) is 3.30. The summed E-state index contributed by atoms with van der Waals surface area (Å²) in [4.78, 5) is 0. The molecule has 2 aromatic rings. The first-order valence-corrected chi connectivity index (χ1v) is 6.94. The van der Waals surface area contributed by atoms with Gasteiger partial charge in [0.2, 0.25) is 0 Å². The average Bonchev–Trinajstić information content (AvgIpc) is 2.83. The van der Waals surface area contributed by atoms with Crippen LogP contribution in [0.2, 0.25) is 0 Å². The molecule has 2 nitrogen and oxygen atoms in total. The van der Waals surface area contributed by atoms with Crippen LogP contribution in [0.5, 0.6) is 11.5 Å². The molecule has 1 aromatic carbocycles. The van der Waals surface area contributed by atoms with Crippen molar-refractivity contribution in [2.75, 3.05) is 14.2 Å². The second kappa shape index (κ2) is 5.63. The maximum absolute atomic E-state index is 6.54.